The van der Waals surface area contributed by atoms with Crippen molar-refractivity contribution in [3.63, 3.8) is 0 Å². The summed E-state index contributed by atoms with van der Waals surface area (Å²) >= 11 is 0. The molecule has 118 valence electrons. The molecule has 0 bridgehead atoms. The number of methoxy groups -OCH3 is 1. The number of esters is 1. The maximum atomic E-state index is 12.4. The van der Waals surface area contributed by atoms with E-state index in [1.54, 1.807) is 12.1 Å². The van der Waals surface area contributed by atoms with Gasteiger partial charge >= 0.3 is 5.97 Å². The van der Waals surface area contributed by atoms with Gasteiger partial charge in [-0.1, -0.05) is 26.3 Å². The monoisotopic (exact) mass is 313 g/mol. The lowest BCUT2D eigenvalue weighted by Crippen LogP contribution is -2.45. The first-order valence-electron chi connectivity index (χ1n) is 6.90. The van der Waals surface area contributed by atoms with E-state index in [0.29, 0.717) is 6.42 Å². The van der Waals surface area contributed by atoms with E-state index in [4.69, 9.17) is 4.74 Å². The quantitative estimate of drug-likeness (QED) is 0.817. The zero-order chi connectivity index (χ0) is 16.2. The Labute approximate surface area is 126 Å². The van der Waals surface area contributed by atoms with Crippen LogP contribution in [0.4, 0.5) is 0 Å². The van der Waals surface area contributed by atoms with Gasteiger partial charge < -0.3 is 4.74 Å². The second kappa shape index (κ2) is 7.04. The van der Waals surface area contributed by atoms with Crippen molar-refractivity contribution in [3.8, 4) is 0 Å². The molecule has 21 heavy (non-hydrogen) atoms. The summed E-state index contributed by atoms with van der Waals surface area (Å²) < 4.78 is 32.0. The average Bonchev–Trinajstić information content (AvgIpc) is 2.45. The molecule has 1 aromatic rings. The fourth-order valence-corrected chi connectivity index (χ4v) is 3.25. The molecule has 0 radical (unpaired) electrons. The number of benzene rings is 1. The minimum absolute atomic E-state index is 0.154. The van der Waals surface area contributed by atoms with Crippen LogP contribution in [0.1, 0.15) is 31.4 Å². The van der Waals surface area contributed by atoms with Crippen LogP contribution in [0.25, 0.3) is 0 Å². The highest BCUT2D eigenvalue weighted by Gasteiger charge is 2.30. The van der Waals surface area contributed by atoms with Crippen molar-refractivity contribution in [2.45, 2.75) is 45.1 Å². The number of aryl methyl sites for hydroxylation is 2. The zero-order valence-corrected chi connectivity index (χ0v) is 14.0. The van der Waals surface area contributed by atoms with Gasteiger partial charge in [0.15, 0.2) is 0 Å². The van der Waals surface area contributed by atoms with Gasteiger partial charge in [-0.2, -0.15) is 4.72 Å². The van der Waals surface area contributed by atoms with Gasteiger partial charge in [-0.25, -0.2) is 8.42 Å². The van der Waals surface area contributed by atoms with Crippen molar-refractivity contribution in [3.05, 3.63) is 29.3 Å². The highest BCUT2D eigenvalue weighted by atomic mass is 32.2. The lowest BCUT2D eigenvalue weighted by molar-refractivity contribution is -0.143. The highest BCUT2D eigenvalue weighted by molar-refractivity contribution is 7.89. The first-order valence-corrected chi connectivity index (χ1v) is 8.38. The Kier molecular flexibility index (Phi) is 5.92. The summed E-state index contributed by atoms with van der Waals surface area (Å²) in [6.45, 7) is 7.46. The summed E-state index contributed by atoms with van der Waals surface area (Å²) in [5.41, 5.74) is 1.90. The fraction of sp³-hybridized carbons (Fsp3) is 0.533. The summed E-state index contributed by atoms with van der Waals surface area (Å²) in [6, 6.07) is 4.00. The van der Waals surface area contributed by atoms with Gasteiger partial charge in [0.2, 0.25) is 10.0 Å². The van der Waals surface area contributed by atoms with Crippen LogP contribution < -0.4 is 4.72 Å². The van der Waals surface area contributed by atoms with E-state index in [0.717, 1.165) is 11.1 Å². The molecule has 0 aliphatic carbocycles. The molecule has 1 rings (SSSR count). The predicted octanol–water partition coefficient (Wildman–Crippen LogP) is 2.17. The number of sulfonamides is 1. The van der Waals surface area contributed by atoms with E-state index in [2.05, 4.69) is 4.72 Å². The standard InChI is InChI=1S/C15H23NO4S/c1-6-10(2)14(15(17)20-5)16-21(18,19)13-8-7-11(3)12(4)9-13/h7-10,14,16H,6H2,1-5H3/t10-,14+/m1/s1. The summed E-state index contributed by atoms with van der Waals surface area (Å²) in [4.78, 5) is 11.9. The SMILES string of the molecule is CC[C@@H](C)[C@H](NS(=O)(=O)c1ccc(C)c(C)c1)C(=O)OC. The largest absolute Gasteiger partial charge is 0.468 e. The lowest BCUT2D eigenvalue weighted by Gasteiger charge is -2.22. The van der Waals surface area contributed by atoms with Crippen LogP contribution >= 0.6 is 0 Å². The van der Waals surface area contributed by atoms with E-state index in [-0.39, 0.29) is 10.8 Å². The molecule has 0 aliphatic rings. The van der Waals surface area contributed by atoms with E-state index in [1.165, 1.54) is 13.2 Å². The molecule has 0 saturated carbocycles. The van der Waals surface area contributed by atoms with Crippen LogP contribution in [0.5, 0.6) is 0 Å². The van der Waals surface area contributed by atoms with Crippen molar-refractivity contribution in [1.82, 2.24) is 4.72 Å². The maximum Gasteiger partial charge on any atom is 0.324 e. The molecule has 0 amide bonds. The average molecular weight is 313 g/mol. The summed E-state index contributed by atoms with van der Waals surface area (Å²) in [5, 5.41) is 0. The van der Waals surface area contributed by atoms with E-state index in [9.17, 15) is 13.2 Å². The van der Waals surface area contributed by atoms with Crippen LogP contribution in [0.15, 0.2) is 23.1 Å². The molecular formula is C15H23NO4S. The van der Waals surface area contributed by atoms with Crippen molar-refractivity contribution < 1.29 is 17.9 Å². The van der Waals surface area contributed by atoms with Crippen LogP contribution in [0.3, 0.4) is 0 Å². The first-order chi connectivity index (χ1) is 9.72. The van der Waals surface area contributed by atoms with Crippen LogP contribution in [0.2, 0.25) is 0 Å². The normalized spacial score (nSPS) is 14.5. The molecule has 0 unspecified atom stereocenters. The van der Waals surface area contributed by atoms with Crippen molar-refractivity contribution in [2.24, 2.45) is 5.92 Å². The minimum Gasteiger partial charge on any atom is -0.468 e. The Morgan fingerprint density at radius 3 is 2.38 bits per heavy atom. The molecule has 0 saturated heterocycles. The second-order valence-electron chi connectivity index (χ2n) is 5.25. The van der Waals surface area contributed by atoms with Gasteiger partial charge in [-0.15, -0.1) is 0 Å². The summed E-state index contributed by atoms with van der Waals surface area (Å²) in [7, 11) is -2.51. The number of nitrogens with one attached hydrogen (secondary N) is 1. The molecule has 5 nitrogen and oxygen atoms in total. The van der Waals surface area contributed by atoms with Gasteiger partial charge in [0.1, 0.15) is 6.04 Å². The second-order valence-corrected chi connectivity index (χ2v) is 6.97. The topological polar surface area (TPSA) is 72.5 Å². The summed E-state index contributed by atoms with van der Waals surface area (Å²) in [6.07, 6.45) is 0.662. The number of rotatable bonds is 6. The van der Waals surface area contributed by atoms with Gasteiger partial charge in [-0.3, -0.25) is 4.79 Å². The van der Waals surface area contributed by atoms with Gasteiger partial charge in [0.05, 0.1) is 12.0 Å². The van der Waals surface area contributed by atoms with Gasteiger partial charge in [0.25, 0.3) is 0 Å². The Bertz CT molecular complexity index is 610. The van der Waals surface area contributed by atoms with Crippen LogP contribution in [-0.2, 0) is 19.6 Å². The van der Waals surface area contributed by atoms with E-state index in [1.807, 2.05) is 27.7 Å². The van der Waals surface area contributed by atoms with Crippen molar-refractivity contribution >= 4 is 16.0 Å². The molecule has 2 atom stereocenters. The third kappa shape index (κ3) is 4.28. The molecule has 6 heteroatoms. The van der Waals surface area contributed by atoms with Crippen molar-refractivity contribution in [2.75, 3.05) is 7.11 Å². The lowest BCUT2D eigenvalue weighted by atomic mass is 10.0. The first kappa shape index (κ1) is 17.7. The third-order valence-electron chi connectivity index (χ3n) is 3.74. The minimum atomic E-state index is -3.76. The van der Waals surface area contributed by atoms with Crippen LogP contribution in [0, 0.1) is 19.8 Å². The molecule has 0 aromatic heterocycles. The van der Waals surface area contributed by atoms with Gasteiger partial charge in [-0.05, 0) is 43.0 Å². The van der Waals surface area contributed by atoms with Crippen LogP contribution in [-0.4, -0.2) is 27.5 Å². The van der Waals surface area contributed by atoms with E-state index < -0.39 is 22.0 Å². The number of ether oxygens (including phenoxy) is 1. The molecule has 0 fully saturated rings. The maximum absolute atomic E-state index is 12.4. The molecule has 1 N–H and O–H groups in total. The van der Waals surface area contributed by atoms with E-state index >= 15 is 0 Å². The Balaban J connectivity index is 3.11. The number of hydrogen-bond acceptors (Lipinski definition) is 4. The Hall–Kier alpha value is -1.40. The van der Waals surface area contributed by atoms with Crippen molar-refractivity contribution in [1.29, 1.82) is 0 Å². The zero-order valence-electron chi connectivity index (χ0n) is 13.1. The van der Waals surface area contributed by atoms with Gasteiger partial charge in [0, 0.05) is 0 Å². The smallest absolute Gasteiger partial charge is 0.324 e. The highest BCUT2D eigenvalue weighted by Crippen LogP contribution is 2.17. The summed E-state index contributed by atoms with van der Waals surface area (Å²) in [5.74, 6) is -0.726. The third-order valence-corrected chi connectivity index (χ3v) is 5.18. The number of hydrogen-bond donors (Lipinski definition) is 1. The molecule has 0 heterocycles. The Morgan fingerprint density at radius 1 is 1.29 bits per heavy atom. The predicted molar refractivity (Wildman–Crippen MR) is 81.5 cm³/mol. The molecule has 0 spiro atoms. The molecule has 0 aliphatic heterocycles. The molecule has 1 aromatic carbocycles. The number of carbonyl (C=O) groups excluding carboxylic acids is 1. The Morgan fingerprint density at radius 2 is 1.90 bits per heavy atom. The number of carbonyl (C=O) groups is 1. The fourth-order valence-electron chi connectivity index (χ4n) is 1.88. The molecular weight excluding hydrogens is 290 g/mol.